The summed E-state index contributed by atoms with van der Waals surface area (Å²) in [6.07, 6.45) is -3.31. The van der Waals surface area contributed by atoms with Crippen molar-refractivity contribution in [1.29, 1.82) is 0 Å². The van der Waals surface area contributed by atoms with Crippen LogP contribution in [0.2, 0.25) is 10.0 Å². The Hall–Kier alpha value is -0.660. The van der Waals surface area contributed by atoms with Crippen molar-refractivity contribution in [3.05, 3.63) is 67.6 Å². The largest absolute Gasteiger partial charge is 0.701 e. The van der Waals surface area contributed by atoms with Crippen LogP contribution in [0.5, 0.6) is 0 Å². The van der Waals surface area contributed by atoms with Gasteiger partial charge < -0.3 is 4.74 Å². The van der Waals surface area contributed by atoms with Crippen LogP contribution in [0.3, 0.4) is 0 Å². The molecule has 26 heavy (non-hydrogen) atoms. The average molecular weight is 489 g/mol. The van der Waals surface area contributed by atoms with E-state index in [1.54, 1.807) is 12.1 Å². The van der Waals surface area contributed by atoms with Crippen LogP contribution in [0, 0.1) is 0 Å². The standard InChI is InChI=1S/C16H12BrCl2F2O4P/c17-14-7-10(1-4-13(14)16(20,21)25-26(22)23)9-24-6-5-11-2-3-12(18)8-15(11)19/h1-4,7-8H,5-6,9H2/p+1. The van der Waals surface area contributed by atoms with Crippen molar-refractivity contribution in [2.45, 2.75) is 19.1 Å². The molecule has 0 spiro atoms. The van der Waals surface area contributed by atoms with Crippen LogP contribution in [-0.4, -0.2) is 11.5 Å². The topological polar surface area (TPSA) is 55.8 Å². The number of hydrogen-bond donors (Lipinski definition) is 1. The van der Waals surface area contributed by atoms with Gasteiger partial charge in [-0.1, -0.05) is 51.3 Å². The van der Waals surface area contributed by atoms with Crippen LogP contribution < -0.4 is 0 Å². The Labute approximate surface area is 168 Å². The second-order valence-corrected chi connectivity index (χ2v) is 7.55. The van der Waals surface area contributed by atoms with Crippen molar-refractivity contribution in [2.75, 3.05) is 6.61 Å². The molecule has 2 aromatic rings. The van der Waals surface area contributed by atoms with Crippen LogP contribution in [0.1, 0.15) is 16.7 Å². The molecule has 0 radical (unpaired) electrons. The highest BCUT2D eigenvalue weighted by atomic mass is 79.9. The minimum atomic E-state index is -3.88. The van der Waals surface area contributed by atoms with Crippen molar-refractivity contribution in [3.8, 4) is 0 Å². The summed E-state index contributed by atoms with van der Waals surface area (Å²) in [6.45, 7) is 0.579. The minimum Gasteiger partial charge on any atom is -0.376 e. The smallest absolute Gasteiger partial charge is 0.376 e. The molecule has 0 aliphatic rings. The maximum absolute atomic E-state index is 13.7. The summed E-state index contributed by atoms with van der Waals surface area (Å²) in [5.41, 5.74) is 0.987. The molecule has 0 heterocycles. The molecular formula is C16H13BrCl2F2O4P+. The fourth-order valence-corrected chi connectivity index (χ4v) is 3.58. The molecule has 0 aliphatic carbocycles. The van der Waals surface area contributed by atoms with Crippen molar-refractivity contribution in [3.63, 3.8) is 0 Å². The van der Waals surface area contributed by atoms with Gasteiger partial charge in [0.15, 0.2) is 0 Å². The number of alkyl halides is 2. The fourth-order valence-electron chi connectivity index (χ4n) is 2.13. The van der Waals surface area contributed by atoms with Gasteiger partial charge in [0.05, 0.1) is 18.8 Å². The highest BCUT2D eigenvalue weighted by Gasteiger charge is 2.44. The van der Waals surface area contributed by atoms with Crippen LogP contribution in [-0.2, 0) is 33.0 Å². The fraction of sp³-hybridized carbons (Fsp3) is 0.250. The highest BCUT2D eigenvalue weighted by molar-refractivity contribution is 9.10. The molecule has 10 heteroatoms. The normalized spacial score (nSPS) is 12.3. The highest BCUT2D eigenvalue weighted by Crippen LogP contribution is 2.41. The number of halogens is 5. The predicted octanol–water partition coefficient (Wildman–Crippen LogP) is 6.23. The maximum Gasteiger partial charge on any atom is 0.701 e. The Bertz CT molecular complexity index is 808. The van der Waals surface area contributed by atoms with E-state index < -0.39 is 19.9 Å². The van der Waals surface area contributed by atoms with Crippen molar-refractivity contribution >= 4 is 47.4 Å². The molecule has 0 saturated heterocycles. The molecule has 1 unspecified atom stereocenters. The molecule has 2 rings (SSSR count). The first-order chi connectivity index (χ1) is 12.2. The van der Waals surface area contributed by atoms with Gasteiger partial charge in [-0.3, -0.25) is 0 Å². The van der Waals surface area contributed by atoms with Gasteiger partial charge in [0.2, 0.25) is 0 Å². The first-order valence-electron chi connectivity index (χ1n) is 7.22. The summed E-state index contributed by atoms with van der Waals surface area (Å²) < 4.78 is 47.3. The monoisotopic (exact) mass is 487 g/mol. The molecule has 140 valence electrons. The second kappa shape index (κ2) is 9.51. The molecule has 4 nitrogen and oxygen atoms in total. The average Bonchev–Trinajstić information content (AvgIpc) is 2.51. The summed E-state index contributed by atoms with van der Waals surface area (Å²) in [6, 6.07) is 9.17. The van der Waals surface area contributed by atoms with Gasteiger partial charge in [-0.2, -0.15) is 8.78 Å². The van der Waals surface area contributed by atoms with E-state index in [4.69, 9.17) is 32.8 Å². The zero-order chi connectivity index (χ0) is 19.3. The lowest BCUT2D eigenvalue weighted by Gasteiger charge is -2.13. The quantitative estimate of drug-likeness (QED) is 0.353. The lowest BCUT2D eigenvalue weighted by atomic mass is 10.1. The molecule has 0 aromatic heterocycles. The molecule has 0 fully saturated rings. The van der Waals surface area contributed by atoms with Gasteiger partial charge in [0, 0.05) is 19.1 Å². The van der Waals surface area contributed by atoms with Crippen LogP contribution in [0.15, 0.2) is 40.9 Å². The summed E-state index contributed by atoms with van der Waals surface area (Å²) in [5.74, 6) is 0. The Morgan fingerprint density at radius 1 is 1.19 bits per heavy atom. The molecule has 0 bridgehead atoms. The van der Waals surface area contributed by atoms with Gasteiger partial charge in [-0.15, -0.1) is 4.89 Å². The third-order valence-corrected chi connectivity index (χ3v) is 4.97. The minimum absolute atomic E-state index is 0.0428. The SMILES string of the molecule is O=[P+](O)OC(F)(F)c1ccc(COCCc2ccc(Cl)cc2Cl)cc1Br. The van der Waals surface area contributed by atoms with Crippen molar-refractivity contribution in [1.82, 2.24) is 0 Å². The Morgan fingerprint density at radius 3 is 2.54 bits per heavy atom. The van der Waals surface area contributed by atoms with E-state index in [1.165, 1.54) is 12.1 Å². The first kappa shape index (κ1) is 21.6. The van der Waals surface area contributed by atoms with E-state index in [-0.39, 0.29) is 11.1 Å². The molecular weight excluding hydrogens is 476 g/mol. The third-order valence-electron chi connectivity index (χ3n) is 3.34. The van der Waals surface area contributed by atoms with Crippen LogP contribution >= 0.6 is 47.4 Å². The van der Waals surface area contributed by atoms with Crippen LogP contribution in [0.25, 0.3) is 0 Å². The Morgan fingerprint density at radius 2 is 1.92 bits per heavy atom. The maximum atomic E-state index is 13.7. The lowest BCUT2D eigenvalue weighted by Crippen LogP contribution is -2.15. The zero-order valence-corrected chi connectivity index (χ0v) is 17.1. The third kappa shape index (κ3) is 6.20. The number of hydrogen-bond acceptors (Lipinski definition) is 3. The van der Waals surface area contributed by atoms with Gasteiger partial charge in [0.25, 0.3) is 0 Å². The first-order valence-corrected chi connectivity index (χ1v) is 9.90. The number of benzene rings is 2. The van der Waals surface area contributed by atoms with E-state index in [9.17, 15) is 13.3 Å². The predicted molar refractivity (Wildman–Crippen MR) is 98.8 cm³/mol. The van der Waals surface area contributed by atoms with Gasteiger partial charge in [-0.05, 0) is 46.3 Å². The van der Waals surface area contributed by atoms with Gasteiger partial charge in [-0.25, -0.2) is 0 Å². The van der Waals surface area contributed by atoms with E-state index in [1.807, 2.05) is 6.07 Å². The van der Waals surface area contributed by atoms with E-state index in [0.717, 1.165) is 11.6 Å². The van der Waals surface area contributed by atoms with Gasteiger partial charge >= 0.3 is 14.4 Å². The van der Waals surface area contributed by atoms with Crippen molar-refractivity contribution in [2.24, 2.45) is 0 Å². The molecule has 0 saturated carbocycles. The second-order valence-electron chi connectivity index (χ2n) is 5.20. The van der Waals surface area contributed by atoms with Crippen LogP contribution in [0.4, 0.5) is 8.78 Å². The Balaban J connectivity index is 1.92. The summed E-state index contributed by atoms with van der Waals surface area (Å²) in [7, 11) is -3.44. The Kier molecular flexibility index (Phi) is 7.91. The van der Waals surface area contributed by atoms with E-state index >= 15 is 0 Å². The molecule has 2 aromatic carbocycles. The zero-order valence-electron chi connectivity index (χ0n) is 13.1. The van der Waals surface area contributed by atoms with E-state index in [2.05, 4.69) is 20.5 Å². The van der Waals surface area contributed by atoms with Crippen molar-refractivity contribution < 1.29 is 27.5 Å². The molecule has 0 amide bonds. The number of ether oxygens (including phenoxy) is 1. The van der Waals surface area contributed by atoms with Gasteiger partial charge in [0.1, 0.15) is 0 Å². The lowest BCUT2D eigenvalue weighted by molar-refractivity contribution is -0.186. The summed E-state index contributed by atoms with van der Waals surface area (Å²) in [5, 5.41) is 1.11. The van der Waals surface area contributed by atoms with E-state index in [0.29, 0.717) is 28.6 Å². The molecule has 0 aliphatic heterocycles. The molecule has 1 atom stereocenters. The number of rotatable bonds is 8. The molecule has 1 N–H and O–H groups in total. The summed E-state index contributed by atoms with van der Waals surface area (Å²) >= 11 is 14.9. The summed E-state index contributed by atoms with van der Waals surface area (Å²) in [4.78, 5) is 8.52.